The summed E-state index contributed by atoms with van der Waals surface area (Å²) in [5.41, 5.74) is 4.22. The number of thiophene rings is 2. The predicted molar refractivity (Wildman–Crippen MR) is 159 cm³/mol. The molecule has 0 atom stereocenters. The molecule has 212 valence electrons. The molecule has 41 heavy (non-hydrogen) atoms. The number of nitrogens with zero attached hydrogens (tertiary/aromatic N) is 5. The zero-order valence-corrected chi connectivity index (χ0v) is 24.4. The molecular formula is C30H29F3N6S2. The number of benzene rings is 1. The average Bonchev–Trinajstić information content (AvgIpc) is 3.63. The second-order valence-corrected chi connectivity index (χ2v) is 13.2. The lowest BCUT2D eigenvalue weighted by atomic mass is 10.0. The van der Waals surface area contributed by atoms with Crippen molar-refractivity contribution in [1.82, 2.24) is 19.4 Å². The maximum absolute atomic E-state index is 12.9. The average molecular weight is 595 g/mol. The second kappa shape index (κ2) is 11.1. The summed E-state index contributed by atoms with van der Waals surface area (Å²) in [4.78, 5) is 14.3. The Labute approximate surface area is 244 Å². The first-order valence-corrected chi connectivity index (χ1v) is 15.2. The summed E-state index contributed by atoms with van der Waals surface area (Å²) in [5.74, 6) is 0.606. The Kier molecular flexibility index (Phi) is 7.49. The van der Waals surface area contributed by atoms with Crippen molar-refractivity contribution in [3.05, 3.63) is 74.2 Å². The fourth-order valence-corrected chi connectivity index (χ4v) is 7.56. The first-order valence-electron chi connectivity index (χ1n) is 13.5. The molecule has 5 heterocycles. The van der Waals surface area contributed by atoms with Crippen molar-refractivity contribution in [3.63, 3.8) is 0 Å². The lowest BCUT2D eigenvalue weighted by molar-refractivity contribution is -0.126. The van der Waals surface area contributed by atoms with Gasteiger partial charge in [-0.1, -0.05) is 6.07 Å². The van der Waals surface area contributed by atoms with E-state index in [9.17, 15) is 18.4 Å². The molecule has 0 unspecified atom stereocenters. The van der Waals surface area contributed by atoms with Crippen molar-refractivity contribution in [2.45, 2.75) is 58.4 Å². The van der Waals surface area contributed by atoms with Crippen molar-refractivity contribution in [3.8, 4) is 6.07 Å². The number of nitrogens with one attached hydrogen (secondary N) is 1. The molecule has 4 aromatic heterocycles. The summed E-state index contributed by atoms with van der Waals surface area (Å²) in [6.07, 6.45) is -1.97. The first kappa shape index (κ1) is 27.7. The minimum absolute atomic E-state index is 0.187. The smallest absolute Gasteiger partial charge is 0.367 e. The van der Waals surface area contributed by atoms with Gasteiger partial charge in [0.25, 0.3) is 0 Å². The largest absolute Gasteiger partial charge is 0.393 e. The molecule has 1 aliphatic heterocycles. The number of likely N-dealkylation sites (tertiary alicyclic amines) is 1. The van der Waals surface area contributed by atoms with Gasteiger partial charge in [-0.15, -0.1) is 22.7 Å². The summed E-state index contributed by atoms with van der Waals surface area (Å²) in [7, 11) is 0. The number of nitriles is 1. The van der Waals surface area contributed by atoms with E-state index in [0.29, 0.717) is 28.3 Å². The van der Waals surface area contributed by atoms with Crippen molar-refractivity contribution in [2.75, 3.05) is 18.4 Å². The highest BCUT2D eigenvalue weighted by Crippen LogP contribution is 2.34. The highest BCUT2D eigenvalue weighted by atomic mass is 32.1. The number of halogens is 3. The van der Waals surface area contributed by atoms with Gasteiger partial charge in [0.2, 0.25) is 0 Å². The van der Waals surface area contributed by atoms with E-state index >= 15 is 0 Å². The summed E-state index contributed by atoms with van der Waals surface area (Å²) in [5, 5.41) is 15.1. The van der Waals surface area contributed by atoms with Crippen LogP contribution in [0.1, 0.15) is 44.3 Å². The van der Waals surface area contributed by atoms with Gasteiger partial charge in [-0.2, -0.15) is 18.4 Å². The van der Waals surface area contributed by atoms with Crippen molar-refractivity contribution in [1.29, 1.82) is 5.26 Å². The molecule has 6 nitrogen and oxygen atoms in total. The number of aryl methyl sites for hydroxylation is 2. The van der Waals surface area contributed by atoms with Crippen molar-refractivity contribution in [2.24, 2.45) is 0 Å². The summed E-state index contributed by atoms with van der Waals surface area (Å²) < 4.78 is 40.8. The Hall–Kier alpha value is -3.46. The minimum Gasteiger partial charge on any atom is -0.367 e. The highest BCUT2D eigenvalue weighted by Gasteiger charge is 2.29. The number of fused-ring (bicyclic) bond motifs is 2. The normalized spacial score (nSPS) is 15.1. The SMILES string of the molecule is Cc1ccc(Cn2c(C#N)cc3c(C)c(CN4CCC(Nc5ncnc6sc(CC(F)(F)F)cc56)CC4)ccc32)s1. The molecule has 1 fully saturated rings. The molecule has 0 bridgehead atoms. The van der Waals surface area contributed by atoms with Gasteiger partial charge in [-0.25, -0.2) is 9.97 Å². The lowest BCUT2D eigenvalue weighted by Crippen LogP contribution is -2.39. The van der Waals surface area contributed by atoms with Crippen LogP contribution >= 0.6 is 22.7 Å². The van der Waals surface area contributed by atoms with Gasteiger partial charge < -0.3 is 9.88 Å². The number of piperidine rings is 1. The lowest BCUT2D eigenvalue weighted by Gasteiger charge is -2.33. The van der Waals surface area contributed by atoms with Crippen molar-refractivity contribution >= 4 is 49.6 Å². The monoisotopic (exact) mass is 594 g/mol. The molecule has 0 aliphatic carbocycles. The maximum Gasteiger partial charge on any atom is 0.393 e. The molecule has 0 spiro atoms. The Morgan fingerprint density at radius 2 is 1.80 bits per heavy atom. The third-order valence-corrected chi connectivity index (χ3v) is 9.80. The van der Waals surface area contributed by atoms with E-state index in [1.54, 1.807) is 17.4 Å². The van der Waals surface area contributed by atoms with E-state index in [2.05, 4.69) is 68.9 Å². The Balaban J connectivity index is 1.12. The third-order valence-electron chi connectivity index (χ3n) is 7.77. The number of anilines is 1. The fraction of sp³-hybridized carbons (Fsp3) is 0.367. The predicted octanol–water partition coefficient (Wildman–Crippen LogP) is 7.43. The minimum atomic E-state index is -4.25. The van der Waals surface area contributed by atoms with Crippen LogP contribution < -0.4 is 5.32 Å². The molecule has 6 rings (SSSR count). The van der Waals surface area contributed by atoms with Crippen LogP contribution in [0.15, 0.2) is 42.7 Å². The number of hydrogen-bond donors (Lipinski definition) is 1. The Bertz CT molecular complexity index is 1750. The summed E-state index contributed by atoms with van der Waals surface area (Å²) in [6, 6.07) is 14.7. The summed E-state index contributed by atoms with van der Waals surface area (Å²) >= 11 is 2.83. The van der Waals surface area contributed by atoms with Gasteiger partial charge in [0.1, 0.15) is 28.7 Å². The van der Waals surface area contributed by atoms with Crippen LogP contribution in [0.5, 0.6) is 0 Å². The molecule has 1 aromatic carbocycles. The van der Waals surface area contributed by atoms with E-state index in [-0.39, 0.29) is 10.9 Å². The molecule has 5 aromatic rings. The van der Waals surface area contributed by atoms with Gasteiger partial charge in [-0.05, 0) is 68.1 Å². The summed E-state index contributed by atoms with van der Waals surface area (Å²) in [6.45, 7) is 7.55. The van der Waals surface area contributed by atoms with Gasteiger partial charge >= 0.3 is 6.18 Å². The Morgan fingerprint density at radius 1 is 1.00 bits per heavy atom. The molecule has 1 N–H and O–H groups in total. The van der Waals surface area contributed by atoms with Crippen molar-refractivity contribution < 1.29 is 13.2 Å². The van der Waals surface area contributed by atoms with Gasteiger partial charge in [0.05, 0.1) is 18.4 Å². The third kappa shape index (κ3) is 5.96. The van der Waals surface area contributed by atoms with Crippen LogP contribution in [0.3, 0.4) is 0 Å². The second-order valence-electron chi connectivity index (χ2n) is 10.7. The molecular weight excluding hydrogens is 566 g/mol. The van der Waals surface area contributed by atoms with E-state index in [0.717, 1.165) is 54.7 Å². The quantitative estimate of drug-likeness (QED) is 0.212. The number of hydrogen-bond acceptors (Lipinski definition) is 7. The zero-order chi connectivity index (χ0) is 28.7. The van der Waals surface area contributed by atoms with Crippen LogP contribution in [0.25, 0.3) is 21.1 Å². The van der Waals surface area contributed by atoms with Crippen LogP contribution in [-0.4, -0.2) is 44.7 Å². The van der Waals surface area contributed by atoms with Crippen LogP contribution in [0.2, 0.25) is 0 Å². The standard InChI is InChI=1S/C30H29F3N6S2/c1-18-3-5-23(40-18)16-39-22(14-34)11-25-19(2)20(4-6-27(25)39)15-38-9-7-21(8-10-38)37-28-26-12-24(13-30(31,32)33)41-29(26)36-17-35-28/h3-6,11-12,17,21H,7-10,13,15-16H2,1-2H3,(H,35,36,37). The van der Waals surface area contributed by atoms with E-state index in [4.69, 9.17) is 0 Å². The topological polar surface area (TPSA) is 69.8 Å². The molecule has 1 aliphatic rings. The molecule has 0 radical (unpaired) electrons. The molecule has 11 heteroatoms. The maximum atomic E-state index is 12.9. The van der Waals surface area contributed by atoms with Crippen LogP contribution in [0, 0.1) is 25.2 Å². The number of aromatic nitrogens is 3. The molecule has 1 saturated heterocycles. The van der Waals surface area contributed by atoms with E-state index in [1.807, 2.05) is 6.07 Å². The molecule has 0 amide bonds. The van der Waals surface area contributed by atoms with Crippen LogP contribution in [0.4, 0.5) is 19.0 Å². The molecule has 0 saturated carbocycles. The highest BCUT2D eigenvalue weighted by molar-refractivity contribution is 7.18. The van der Waals surface area contributed by atoms with Crippen LogP contribution in [-0.2, 0) is 19.5 Å². The van der Waals surface area contributed by atoms with E-state index in [1.165, 1.54) is 27.2 Å². The fourth-order valence-electron chi connectivity index (χ4n) is 5.66. The van der Waals surface area contributed by atoms with Gasteiger partial charge in [0.15, 0.2) is 0 Å². The van der Waals surface area contributed by atoms with Gasteiger partial charge in [0, 0.05) is 51.2 Å². The zero-order valence-electron chi connectivity index (χ0n) is 22.8. The first-order chi connectivity index (χ1) is 19.7. The Morgan fingerprint density at radius 3 is 2.51 bits per heavy atom. The van der Waals surface area contributed by atoms with Gasteiger partial charge in [-0.3, -0.25) is 4.90 Å². The number of rotatable bonds is 7. The number of alkyl halides is 3. The van der Waals surface area contributed by atoms with E-state index < -0.39 is 12.6 Å².